The molecule has 1 aliphatic carbocycles. The number of ether oxygens (including phenoxy) is 2. The van der Waals surface area contributed by atoms with Crippen LogP contribution in [0.2, 0.25) is 0 Å². The number of rotatable bonds is 3. The Morgan fingerprint density at radius 3 is 2.20 bits per heavy atom. The molecule has 1 aromatic heterocycles. The average molecular weight is 384 g/mol. The van der Waals surface area contributed by atoms with Gasteiger partial charge in [0.1, 0.15) is 24.9 Å². The van der Waals surface area contributed by atoms with Crippen molar-refractivity contribution in [3.05, 3.63) is 44.5 Å². The molecule has 0 saturated heterocycles. The third kappa shape index (κ3) is 4.92. The second-order valence-corrected chi connectivity index (χ2v) is 8.62. The van der Waals surface area contributed by atoms with Gasteiger partial charge in [0, 0.05) is 21.7 Å². The molecule has 0 bridgehead atoms. The highest BCUT2D eigenvalue weighted by molar-refractivity contribution is 7.89. The van der Waals surface area contributed by atoms with E-state index in [1.807, 2.05) is 13.8 Å². The molecule has 1 unspecified atom stereocenters. The predicted octanol–water partition coefficient (Wildman–Crippen LogP) is 4.01. The van der Waals surface area contributed by atoms with Crippen LogP contribution in [0.1, 0.15) is 31.4 Å². The molecule has 1 aliphatic heterocycles. The maximum Gasteiger partial charge on any atom is 1.00 e. The van der Waals surface area contributed by atoms with Gasteiger partial charge in [-0.3, -0.25) is 0 Å². The van der Waals surface area contributed by atoms with Crippen LogP contribution >= 0.6 is 11.3 Å². The molecule has 1 atom stereocenters. The van der Waals surface area contributed by atoms with E-state index in [4.69, 9.17) is 9.47 Å². The number of hydrogen-bond donors (Lipinski definition) is 0. The summed E-state index contributed by atoms with van der Waals surface area (Å²) in [5, 5.41) is 0. The molecule has 0 spiro atoms. The van der Waals surface area contributed by atoms with E-state index in [0.29, 0.717) is 19.1 Å². The molecule has 136 valence electrons. The van der Waals surface area contributed by atoms with Gasteiger partial charge in [0.2, 0.25) is 0 Å². The van der Waals surface area contributed by atoms with E-state index >= 15 is 0 Å². The lowest BCUT2D eigenvalue weighted by molar-refractivity contribution is 0.171. The molecule has 1 aromatic rings. The van der Waals surface area contributed by atoms with Crippen molar-refractivity contribution in [2.45, 2.75) is 34.1 Å². The summed E-state index contributed by atoms with van der Waals surface area (Å²) in [5.41, 5.74) is 0.930. The zero-order chi connectivity index (χ0) is 18.6. The fourth-order valence-electron chi connectivity index (χ4n) is 2.37. The van der Waals surface area contributed by atoms with Gasteiger partial charge >= 0.3 is 1.43 Å². The first-order chi connectivity index (χ1) is 11.7. The lowest BCUT2D eigenvalue weighted by atomic mass is 9.96. The van der Waals surface area contributed by atoms with Crippen LogP contribution in [-0.2, 0) is 10.1 Å². The molecular weight excluding hydrogens is 360 g/mol. The topological polar surface area (TPSA) is 75.7 Å². The molecule has 0 fully saturated rings. The molecule has 0 aromatic carbocycles. The van der Waals surface area contributed by atoms with Crippen LogP contribution in [0.5, 0.6) is 11.5 Å². The van der Waals surface area contributed by atoms with Crippen LogP contribution in [0.15, 0.2) is 28.7 Å². The number of aryl methyl sites for hydroxylation is 2. The van der Waals surface area contributed by atoms with Crippen LogP contribution in [0.3, 0.4) is 0 Å². The molecule has 3 rings (SSSR count). The summed E-state index contributed by atoms with van der Waals surface area (Å²) in [4.78, 5) is 2.22. The van der Waals surface area contributed by atoms with E-state index < -0.39 is 10.1 Å². The van der Waals surface area contributed by atoms with Crippen LogP contribution in [-0.4, -0.2) is 26.2 Å². The Balaban J connectivity index is 0.000000256. The Morgan fingerprint density at radius 2 is 1.80 bits per heavy atom. The standard InChI is InChI=1S/C10H12O3S.C8H10O2S/c1-3-8(2)9-4-6-10(7-5-9)14(11,12)13;1-5-7-8(6(2)11-5)10-4-3-9-7/h4,6-8H,3H2,1-2H3;3-4H2,1-2H3/p+1. The van der Waals surface area contributed by atoms with E-state index in [2.05, 4.69) is 19.9 Å². The fraction of sp³-hybridized carbons (Fsp3) is 0.444. The van der Waals surface area contributed by atoms with E-state index in [-0.39, 0.29) is 6.33 Å². The molecule has 0 radical (unpaired) electrons. The Labute approximate surface area is 154 Å². The lowest BCUT2D eigenvalue weighted by Gasteiger charge is -2.15. The molecule has 25 heavy (non-hydrogen) atoms. The van der Waals surface area contributed by atoms with Crippen LogP contribution < -0.4 is 9.47 Å². The maximum absolute atomic E-state index is 10.6. The van der Waals surface area contributed by atoms with Crippen molar-refractivity contribution in [1.82, 2.24) is 0 Å². The first-order valence-corrected chi connectivity index (χ1v) is 10.3. The number of allylic oxidation sites excluding steroid dienone is 5. The Hall–Kier alpha value is -1.66. The number of fused-ring (bicyclic) bond motifs is 1. The molecular formula is C18H23O5S2+. The maximum atomic E-state index is 10.6. The molecule has 0 N–H and O–H groups in total. The van der Waals surface area contributed by atoms with Crippen molar-refractivity contribution in [3.8, 4) is 11.5 Å². The molecule has 0 saturated carbocycles. The minimum atomic E-state index is -4.33. The Kier molecular flexibility index (Phi) is 6.41. The first-order valence-electron chi connectivity index (χ1n) is 8.07. The van der Waals surface area contributed by atoms with Crippen molar-refractivity contribution in [3.63, 3.8) is 0 Å². The largest absolute Gasteiger partial charge is 1.00 e. The van der Waals surface area contributed by atoms with Crippen molar-refractivity contribution < 1.29 is 23.9 Å². The summed E-state index contributed by atoms with van der Waals surface area (Å²) in [6, 6.07) is 0. The molecule has 0 amide bonds. The SMILES string of the molecule is CCC(C)C1=[C+]C=C(S(=O)(=O)[O-])C=C1.Cc1sc(C)c2c1OCCO2.[H+]. The van der Waals surface area contributed by atoms with E-state index in [0.717, 1.165) is 23.5 Å². The van der Waals surface area contributed by atoms with Gasteiger partial charge in [-0.15, -0.1) is 11.3 Å². The van der Waals surface area contributed by atoms with E-state index in [9.17, 15) is 13.0 Å². The summed E-state index contributed by atoms with van der Waals surface area (Å²) in [5.74, 6) is 2.25. The van der Waals surface area contributed by atoms with Crippen molar-refractivity contribution in [1.29, 1.82) is 0 Å². The monoisotopic (exact) mass is 383 g/mol. The molecule has 7 heteroatoms. The number of hydrogen-bond acceptors (Lipinski definition) is 6. The first kappa shape index (κ1) is 19.7. The lowest BCUT2D eigenvalue weighted by Crippen LogP contribution is -2.14. The van der Waals surface area contributed by atoms with Crippen LogP contribution in [0, 0.1) is 25.8 Å². The van der Waals surface area contributed by atoms with Gasteiger partial charge in [0.15, 0.2) is 26.5 Å². The second kappa shape index (κ2) is 8.15. The second-order valence-electron chi connectivity index (χ2n) is 5.81. The predicted molar refractivity (Wildman–Crippen MR) is 99.0 cm³/mol. The van der Waals surface area contributed by atoms with E-state index in [1.165, 1.54) is 21.9 Å². The van der Waals surface area contributed by atoms with Crippen LogP contribution in [0.4, 0.5) is 0 Å². The normalized spacial score (nSPS) is 16.8. The summed E-state index contributed by atoms with van der Waals surface area (Å²) in [6.45, 7) is 9.55. The third-order valence-electron chi connectivity index (χ3n) is 3.97. The van der Waals surface area contributed by atoms with Crippen molar-refractivity contribution in [2.24, 2.45) is 5.92 Å². The molecule has 2 aliphatic rings. The number of thiophene rings is 1. The van der Waals surface area contributed by atoms with Crippen molar-refractivity contribution >= 4 is 21.5 Å². The molecule has 2 heterocycles. The van der Waals surface area contributed by atoms with Gasteiger partial charge in [-0.1, -0.05) is 13.8 Å². The highest BCUT2D eigenvalue weighted by Gasteiger charge is 2.19. The summed E-state index contributed by atoms with van der Waals surface area (Å²) >= 11 is 1.74. The Bertz CT molecular complexity index is 792. The highest BCUT2D eigenvalue weighted by Crippen LogP contribution is 2.42. The van der Waals surface area contributed by atoms with Gasteiger partial charge in [-0.25, -0.2) is 8.42 Å². The summed E-state index contributed by atoms with van der Waals surface area (Å²) in [6.07, 6.45) is 7.98. The third-order valence-corrected chi connectivity index (χ3v) is 5.78. The van der Waals surface area contributed by atoms with E-state index in [1.54, 1.807) is 17.4 Å². The zero-order valence-corrected chi connectivity index (χ0v) is 16.4. The zero-order valence-electron chi connectivity index (χ0n) is 15.8. The molecule has 5 nitrogen and oxygen atoms in total. The fourth-order valence-corrected chi connectivity index (χ4v) is 3.75. The van der Waals surface area contributed by atoms with Crippen molar-refractivity contribution in [2.75, 3.05) is 13.2 Å². The summed E-state index contributed by atoms with van der Waals surface area (Å²) in [7, 11) is -4.33. The van der Waals surface area contributed by atoms with Gasteiger partial charge in [0.25, 0.3) is 0 Å². The van der Waals surface area contributed by atoms with Gasteiger partial charge in [-0.05, 0) is 20.3 Å². The highest BCUT2D eigenvalue weighted by atomic mass is 32.2. The quantitative estimate of drug-likeness (QED) is 0.582. The van der Waals surface area contributed by atoms with Crippen LogP contribution in [0.25, 0.3) is 0 Å². The Morgan fingerprint density at radius 1 is 1.24 bits per heavy atom. The minimum absolute atomic E-state index is 0. The average Bonchev–Trinajstić information content (AvgIpc) is 2.89. The van der Waals surface area contributed by atoms with Gasteiger partial charge in [-0.2, -0.15) is 0 Å². The van der Waals surface area contributed by atoms with Gasteiger partial charge in [0.05, 0.1) is 12.2 Å². The smallest absolute Gasteiger partial charge is 0.733 e. The van der Waals surface area contributed by atoms with Gasteiger partial charge < -0.3 is 14.0 Å². The summed E-state index contributed by atoms with van der Waals surface area (Å²) < 4.78 is 42.7. The minimum Gasteiger partial charge on any atom is -0.733 e.